The molecule has 4 aliphatic rings. The summed E-state index contributed by atoms with van der Waals surface area (Å²) < 4.78 is 72.2. The SMILES string of the molecule is [2H]C([2H])([2H])C(=O)O[C@@H]1O[C@H]2C[C@]3(C)[C@@H](OC(C)(C)C)CC[C@](OC(=O)C([2H])([2H])[2H])(O2)[C@H]13. The largest absolute Gasteiger partial charge is 0.435 e. The van der Waals surface area contributed by atoms with Gasteiger partial charge in [0.1, 0.15) is 0 Å². The summed E-state index contributed by atoms with van der Waals surface area (Å²) in [5, 5.41) is 0. The number of ether oxygens (including phenoxy) is 5. The molecule has 0 radical (unpaired) electrons. The van der Waals surface area contributed by atoms with Gasteiger partial charge in [-0.05, 0) is 27.2 Å². The molecule has 0 aromatic rings. The zero-order valence-electron chi connectivity index (χ0n) is 20.8. The number of carbonyl (C=O) groups is 2. The van der Waals surface area contributed by atoms with E-state index in [0.717, 1.165) is 0 Å². The molecule has 6 atom stereocenters. The van der Waals surface area contributed by atoms with Crippen LogP contribution in [0.2, 0.25) is 0 Å². The summed E-state index contributed by atoms with van der Waals surface area (Å²) in [5.74, 6) is -5.68. The van der Waals surface area contributed by atoms with Crippen LogP contribution in [0, 0.1) is 11.3 Å². The predicted molar refractivity (Wildman–Crippen MR) is 86.1 cm³/mol. The Morgan fingerprint density at radius 3 is 2.60 bits per heavy atom. The summed E-state index contributed by atoms with van der Waals surface area (Å²) >= 11 is 0. The van der Waals surface area contributed by atoms with E-state index in [4.69, 9.17) is 31.9 Å². The molecule has 4 fully saturated rings. The Hall–Kier alpha value is -1.18. The molecule has 0 spiro atoms. The fraction of sp³-hybridized carbons (Fsp3) is 0.889. The molecule has 1 saturated carbocycles. The second kappa shape index (κ2) is 5.93. The van der Waals surface area contributed by atoms with Gasteiger partial charge >= 0.3 is 11.9 Å². The molecule has 4 rings (SSSR count). The van der Waals surface area contributed by atoms with Gasteiger partial charge in [-0.1, -0.05) is 6.92 Å². The molecule has 0 aromatic heterocycles. The van der Waals surface area contributed by atoms with Crippen molar-refractivity contribution in [2.75, 3.05) is 0 Å². The normalized spacial score (nSPS) is 47.4. The lowest BCUT2D eigenvalue weighted by atomic mass is 9.57. The van der Waals surface area contributed by atoms with Crippen molar-refractivity contribution in [3.05, 3.63) is 0 Å². The monoisotopic (exact) mass is 362 g/mol. The summed E-state index contributed by atoms with van der Waals surface area (Å²) in [6, 6.07) is 0. The highest BCUT2D eigenvalue weighted by molar-refractivity contribution is 5.67. The van der Waals surface area contributed by atoms with Crippen LogP contribution in [0.4, 0.5) is 0 Å². The van der Waals surface area contributed by atoms with Crippen LogP contribution >= 0.6 is 0 Å². The van der Waals surface area contributed by atoms with E-state index in [0.29, 0.717) is 12.8 Å². The number of esters is 2. The number of carbonyl (C=O) groups excluding carboxylic acids is 2. The number of hydrogen-bond donors (Lipinski definition) is 0. The van der Waals surface area contributed by atoms with Gasteiger partial charge in [0.25, 0.3) is 0 Å². The van der Waals surface area contributed by atoms with Crippen LogP contribution < -0.4 is 0 Å². The smallest absolute Gasteiger partial charge is 0.305 e. The highest BCUT2D eigenvalue weighted by atomic mass is 16.8. The minimum Gasteiger partial charge on any atom is -0.435 e. The average molecular weight is 362 g/mol. The maximum Gasteiger partial charge on any atom is 0.305 e. The van der Waals surface area contributed by atoms with Crippen molar-refractivity contribution in [1.82, 2.24) is 0 Å². The fourth-order valence-corrected chi connectivity index (χ4v) is 4.47. The fourth-order valence-electron chi connectivity index (χ4n) is 4.47. The molecule has 7 heteroatoms. The maximum absolute atomic E-state index is 12.3. The van der Waals surface area contributed by atoms with Gasteiger partial charge in [0, 0.05) is 40.2 Å². The molecule has 1 aliphatic carbocycles. The summed E-state index contributed by atoms with van der Waals surface area (Å²) in [6.07, 6.45) is -2.07. The second-order valence-corrected chi connectivity index (χ2v) is 8.10. The molecule has 142 valence electrons. The van der Waals surface area contributed by atoms with Crippen molar-refractivity contribution < 1.29 is 41.5 Å². The van der Waals surface area contributed by atoms with Crippen LogP contribution in [-0.2, 0) is 33.3 Å². The topological polar surface area (TPSA) is 80.3 Å². The van der Waals surface area contributed by atoms with Gasteiger partial charge in [-0.15, -0.1) is 0 Å². The Balaban J connectivity index is 2.01. The number of hydrogen-bond acceptors (Lipinski definition) is 7. The molecular weight excluding hydrogens is 328 g/mol. The van der Waals surface area contributed by atoms with Crippen molar-refractivity contribution in [2.24, 2.45) is 11.3 Å². The first-order valence-corrected chi connectivity index (χ1v) is 8.33. The molecular formula is C18H28O7. The quantitative estimate of drug-likeness (QED) is 0.714. The van der Waals surface area contributed by atoms with Crippen molar-refractivity contribution in [3.8, 4) is 0 Å². The number of rotatable bonds is 3. The second-order valence-electron chi connectivity index (χ2n) is 8.10. The Morgan fingerprint density at radius 1 is 1.24 bits per heavy atom. The molecule has 25 heavy (non-hydrogen) atoms. The molecule has 0 N–H and O–H groups in total. The van der Waals surface area contributed by atoms with E-state index in [1.807, 2.05) is 27.7 Å². The van der Waals surface area contributed by atoms with E-state index < -0.39 is 60.9 Å². The minimum absolute atomic E-state index is 0.0670. The van der Waals surface area contributed by atoms with Gasteiger partial charge < -0.3 is 23.7 Å². The zero-order chi connectivity index (χ0) is 23.6. The Morgan fingerprint density at radius 2 is 1.96 bits per heavy atom. The Labute approximate surface area is 156 Å². The van der Waals surface area contributed by atoms with Crippen molar-refractivity contribution in [3.63, 3.8) is 0 Å². The van der Waals surface area contributed by atoms with Crippen LogP contribution in [0.1, 0.15) is 68.9 Å². The first-order valence-electron chi connectivity index (χ1n) is 11.3. The van der Waals surface area contributed by atoms with E-state index in [1.54, 1.807) is 0 Å². The first kappa shape index (κ1) is 12.3. The molecule has 0 aromatic carbocycles. The summed E-state index contributed by atoms with van der Waals surface area (Å²) in [4.78, 5) is 24.4. The molecule has 7 nitrogen and oxygen atoms in total. The number of fused-ring (bicyclic) bond motifs is 1. The minimum atomic E-state index is -3.03. The summed E-state index contributed by atoms with van der Waals surface area (Å²) in [7, 11) is 0. The molecule has 3 saturated heterocycles. The van der Waals surface area contributed by atoms with Gasteiger partial charge in [0.2, 0.25) is 12.1 Å². The third-order valence-electron chi connectivity index (χ3n) is 5.15. The Kier molecular flexibility index (Phi) is 2.90. The van der Waals surface area contributed by atoms with E-state index in [2.05, 4.69) is 0 Å². The van der Waals surface area contributed by atoms with E-state index in [-0.39, 0.29) is 12.5 Å². The molecule has 0 amide bonds. The van der Waals surface area contributed by atoms with Crippen LogP contribution in [0.15, 0.2) is 0 Å². The molecule has 4 bridgehead atoms. The van der Waals surface area contributed by atoms with Crippen LogP contribution in [0.25, 0.3) is 0 Å². The lowest BCUT2D eigenvalue weighted by Gasteiger charge is -2.64. The van der Waals surface area contributed by atoms with Crippen LogP contribution in [-0.4, -0.2) is 42.0 Å². The van der Waals surface area contributed by atoms with Gasteiger partial charge in [0.15, 0.2) is 6.29 Å². The zero-order valence-corrected chi connectivity index (χ0v) is 14.8. The van der Waals surface area contributed by atoms with Crippen LogP contribution in [0.5, 0.6) is 0 Å². The third kappa shape index (κ3) is 3.29. The molecule has 3 aliphatic heterocycles. The molecule has 3 heterocycles. The highest BCUT2D eigenvalue weighted by Gasteiger charge is 2.71. The van der Waals surface area contributed by atoms with E-state index in [9.17, 15) is 9.59 Å². The van der Waals surface area contributed by atoms with Crippen molar-refractivity contribution in [2.45, 2.75) is 90.7 Å². The third-order valence-corrected chi connectivity index (χ3v) is 5.15. The van der Waals surface area contributed by atoms with E-state index in [1.165, 1.54) is 0 Å². The van der Waals surface area contributed by atoms with E-state index >= 15 is 0 Å². The van der Waals surface area contributed by atoms with Gasteiger partial charge in [-0.3, -0.25) is 9.59 Å². The van der Waals surface area contributed by atoms with Crippen molar-refractivity contribution in [1.29, 1.82) is 0 Å². The average Bonchev–Trinajstić information content (AvgIpc) is 2.54. The first-order chi connectivity index (χ1) is 13.9. The maximum atomic E-state index is 12.3. The lowest BCUT2D eigenvalue weighted by Crippen LogP contribution is -2.73. The summed E-state index contributed by atoms with van der Waals surface area (Å²) in [6.45, 7) is 1.42. The summed E-state index contributed by atoms with van der Waals surface area (Å²) in [5.41, 5.74) is -1.34. The van der Waals surface area contributed by atoms with Gasteiger partial charge in [-0.25, -0.2) is 0 Å². The predicted octanol–water partition coefficient (Wildman–Crippen LogP) is 2.51. The Bertz CT molecular complexity index is 745. The van der Waals surface area contributed by atoms with Gasteiger partial charge in [-0.2, -0.15) is 0 Å². The lowest BCUT2D eigenvalue weighted by molar-refractivity contribution is -0.478. The van der Waals surface area contributed by atoms with Crippen molar-refractivity contribution >= 4 is 11.9 Å². The van der Waals surface area contributed by atoms with Gasteiger partial charge in [0.05, 0.1) is 17.6 Å². The highest BCUT2D eigenvalue weighted by Crippen LogP contribution is 2.62. The standard InChI is InChI=1S/C18H28O7/c1-10(19)21-15-14-17(6)9-13(22-15)25-18(14,23-11(2)20)8-7-12(17)24-16(3,4)5/h12-15H,7-9H2,1-6H3/t12-,13+,14+,15+,17+,18-/m0/s1/i1D3,2D3. The van der Waals surface area contributed by atoms with Crippen LogP contribution in [0.3, 0.4) is 0 Å². The molecule has 0 unspecified atom stereocenters.